The smallest absolute Gasteiger partial charge is 0.128 e. The molecule has 1 rings (SSSR count). The van der Waals surface area contributed by atoms with Gasteiger partial charge in [-0.2, -0.15) is 0 Å². The van der Waals surface area contributed by atoms with Crippen molar-refractivity contribution >= 4 is 21.7 Å². The Morgan fingerprint density at radius 2 is 2.08 bits per heavy atom. The highest BCUT2D eigenvalue weighted by Gasteiger charge is 2.06. The van der Waals surface area contributed by atoms with Crippen LogP contribution in [-0.4, -0.2) is 18.1 Å². The minimum Gasteiger partial charge on any atom is -0.357 e. The van der Waals surface area contributed by atoms with Gasteiger partial charge in [0.15, 0.2) is 0 Å². The SMILES string of the molecule is Cc1cc(N(C)C(C)C)ncc1Br. The molecule has 1 heterocycles. The molecule has 0 unspecified atom stereocenters. The number of nitrogens with zero attached hydrogens (tertiary/aromatic N) is 2. The van der Waals surface area contributed by atoms with E-state index in [1.165, 1.54) is 5.56 Å². The van der Waals surface area contributed by atoms with Gasteiger partial charge < -0.3 is 4.90 Å². The molecule has 1 aromatic rings. The molecule has 0 aliphatic rings. The molecule has 0 aliphatic carbocycles. The van der Waals surface area contributed by atoms with E-state index >= 15 is 0 Å². The van der Waals surface area contributed by atoms with E-state index in [2.05, 4.69) is 59.7 Å². The molecule has 2 nitrogen and oxygen atoms in total. The summed E-state index contributed by atoms with van der Waals surface area (Å²) in [5, 5.41) is 0. The molecule has 0 aromatic carbocycles. The van der Waals surface area contributed by atoms with Crippen molar-refractivity contribution in [3.8, 4) is 0 Å². The lowest BCUT2D eigenvalue weighted by molar-refractivity contribution is 0.742. The predicted molar refractivity (Wildman–Crippen MR) is 60.2 cm³/mol. The second-order valence-electron chi connectivity index (χ2n) is 3.50. The molecular formula is C10H15BrN2. The van der Waals surface area contributed by atoms with Crippen molar-refractivity contribution in [2.24, 2.45) is 0 Å². The van der Waals surface area contributed by atoms with Crippen LogP contribution in [0.3, 0.4) is 0 Å². The van der Waals surface area contributed by atoms with Gasteiger partial charge in [0.25, 0.3) is 0 Å². The molecule has 0 atom stereocenters. The summed E-state index contributed by atoms with van der Waals surface area (Å²) in [5.41, 5.74) is 1.22. The van der Waals surface area contributed by atoms with Crippen LogP contribution in [0.25, 0.3) is 0 Å². The summed E-state index contributed by atoms with van der Waals surface area (Å²) >= 11 is 3.43. The average Bonchev–Trinajstić information content (AvgIpc) is 2.08. The van der Waals surface area contributed by atoms with Crippen LogP contribution in [0.5, 0.6) is 0 Å². The van der Waals surface area contributed by atoms with Crippen LogP contribution in [0.4, 0.5) is 5.82 Å². The van der Waals surface area contributed by atoms with Gasteiger partial charge in [-0.15, -0.1) is 0 Å². The minimum atomic E-state index is 0.480. The quantitative estimate of drug-likeness (QED) is 0.793. The standard InChI is InChI=1S/C10H15BrN2/c1-7(2)13(4)10-5-8(3)9(11)6-12-10/h5-7H,1-4H3. The summed E-state index contributed by atoms with van der Waals surface area (Å²) < 4.78 is 1.06. The van der Waals surface area contributed by atoms with E-state index in [-0.39, 0.29) is 0 Å². The lowest BCUT2D eigenvalue weighted by atomic mass is 10.2. The Hall–Kier alpha value is -0.570. The van der Waals surface area contributed by atoms with Crippen molar-refractivity contribution < 1.29 is 0 Å². The first-order valence-corrected chi connectivity index (χ1v) is 5.16. The van der Waals surface area contributed by atoms with Gasteiger partial charge >= 0.3 is 0 Å². The van der Waals surface area contributed by atoms with Crippen molar-refractivity contribution in [1.29, 1.82) is 0 Å². The van der Waals surface area contributed by atoms with Gasteiger partial charge in [0.05, 0.1) is 0 Å². The van der Waals surface area contributed by atoms with Crippen LogP contribution < -0.4 is 4.90 Å². The summed E-state index contributed by atoms with van der Waals surface area (Å²) in [6.07, 6.45) is 1.85. The number of aryl methyl sites for hydroxylation is 1. The number of rotatable bonds is 2. The van der Waals surface area contributed by atoms with Crippen LogP contribution in [-0.2, 0) is 0 Å². The summed E-state index contributed by atoms with van der Waals surface area (Å²) in [4.78, 5) is 6.49. The van der Waals surface area contributed by atoms with Crippen molar-refractivity contribution in [3.05, 3.63) is 22.3 Å². The van der Waals surface area contributed by atoms with E-state index in [1.807, 2.05) is 6.20 Å². The van der Waals surface area contributed by atoms with Gasteiger partial charge in [-0.3, -0.25) is 0 Å². The third-order valence-electron chi connectivity index (χ3n) is 2.17. The molecule has 13 heavy (non-hydrogen) atoms. The van der Waals surface area contributed by atoms with Gasteiger partial charge in [0.1, 0.15) is 5.82 Å². The van der Waals surface area contributed by atoms with Crippen molar-refractivity contribution in [3.63, 3.8) is 0 Å². The molecule has 0 bridgehead atoms. The molecule has 0 N–H and O–H groups in total. The third kappa shape index (κ3) is 2.44. The van der Waals surface area contributed by atoms with Crippen molar-refractivity contribution in [1.82, 2.24) is 4.98 Å². The fourth-order valence-electron chi connectivity index (χ4n) is 0.982. The average molecular weight is 243 g/mol. The van der Waals surface area contributed by atoms with E-state index in [9.17, 15) is 0 Å². The fraction of sp³-hybridized carbons (Fsp3) is 0.500. The zero-order valence-electron chi connectivity index (χ0n) is 8.50. The predicted octanol–water partition coefficient (Wildman–Crippen LogP) is 3.00. The van der Waals surface area contributed by atoms with Gasteiger partial charge in [0, 0.05) is 23.8 Å². The van der Waals surface area contributed by atoms with Gasteiger partial charge in [-0.1, -0.05) is 0 Å². The molecule has 0 saturated carbocycles. The molecule has 0 fully saturated rings. The van der Waals surface area contributed by atoms with Crippen molar-refractivity contribution in [2.45, 2.75) is 26.8 Å². The second kappa shape index (κ2) is 4.09. The highest BCUT2D eigenvalue weighted by Crippen LogP contribution is 2.20. The van der Waals surface area contributed by atoms with Crippen molar-refractivity contribution in [2.75, 3.05) is 11.9 Å². The van der Waals surface area contributed by atoms with Crippen LogP contribution in [0.15, 0.2) is 16.7 Å². The van der Waals surface area contributed by atoms with Crippen LogP contribution in [0, 0.1) is 6.92 Å². The van der Waals surface area contributed by atoms with Gasteiger partial charge in [-0.05, 0) is 48.3 Å². The third-order valence-corrected chi connectivity index (χ3v) is 3.00. The molecule has 1 aromatic heterocycles. The lowest BCUT2D eigenvalue weighted by Gasteiger charge is -2.22. The van der Waals surface area contributed by atoms with Crippen LogP contribution in [0.1, 0.15) is 19.4 Å². The highest BCUT2D eigenvalue weighted by atomic mass is 79.9. The molecule has 0 saturated heterocycles. The molecule has 0 spiro atoms. The maximum atomic E-state index is 4.34. The molecular weight excluding hydrogens is 228 g/mol. The van der Waals surface area contributed by atoms with Crippen LogP contribution >= 0.6 is 15.9 Å². The first-order valence-electron chi connectivity index (χ1n) is 4.37. The normalized spacial score (nSPS) is 10.6. The number of pyridine rings is 1. The van der Waals surface area contributed by atoms with E-state index in [4.69, 9.17) is 0 Å². The molecule has 0 radical (unpaired) electrons. The fourth-order valence-corrected chi connectivity index (χ4v) is 1.20. The van der Waals surface area contributed by atoms with Gasteiger partial charge in [-0.25, -0.2) is 4.98 Å². The van der Waals surface area contributed by atoms with E-state index in [0.717, 1.165) is 10.3 Å². The van der Waals surface area contributed by atoms with E-state index in [0.29, 0.717) is 6.04 Å². The maximum Gasteiger partial charge on any atom is 0.128 e. The number of aromatic nitrogens is 1. The molecule has 0 aliphatic heterocycles. The summed E-state index contributed by atoms with van der Waals surface area (Å²) in [6, 6.07) is 2.57. The summed E-state index contributed by atoms with van der Waals surface area (Å²) in [6.45, 7) is 6.38. The Bertz CT molecular complexity index is 297. The number of anilines is 1. The molecule has 72 valence electrons. The Kier molecular flexibility index (Phi) is 3.31. The first kappa shape index (κ1) is 10.5. The topological polar surface area (TPSA) is 16.1 Å². The van der Waals surface area contributed by atoms with Gasteiger partial charge in [0.2, 0.25) is 0 Å². The Morgan fingerprint density at radius 1 is 1.46 bits per heavy atom. The monoisotopic (exact) mass is 242 g/mol. The first-order chi connectivity index (χ1) is 6.02. The zero-order valence-corrected chi connectivity index (χ0v) is 10.1. The number of hydrogen-bond donors (Lipinski definition) is 0. The maximum absolute atomic E-state index is 4.34. The second-order valence-corrected chi connectivity index (χ2v) is 4.35. The Morgan fingerprint density at radius 3 is 2.54 bits per heavy atom. The Balaban J connectivity index is 2.97. The van der Waals surface area contributed by atoms with E-state index in [1.54, 1.807) is 0 Å². The largest absolute Gasteiger partial charge is 0.357 e. The number of hydrogen-bond acceptors (Lipinski definition) is 2. The number of halogens is 1. The Labute approximate surface area is 88.1 Å². The lowest BCUT2D eigenvalue weighted by Crippen LogP contribution is -2.26. The summed E-state index contributed by atoms with van der Waals surface area (Å²) in [5.74, 6) is 1.02. The zero-order chi connectivity index (χ0) is 10.0. The summed E-state index contributed by atoms with van der Waals surface area (Å²) in [7, 11) is 2.06. The highest BCUT2D eigenvalue weighted by molar-refractivity contribution is 9.10. The minimum absolute atomic E-state index is 0.480. The van der Waals surface area contributed by atoms with Crippen LogP contribution in [0.2, 0.25) is 0 Å². The molecule has 0 amide bonds. The van der Waals surface area contributed by atoms with E-state index < -0.39 is 0 Å². The molecule has 3 heteroatoms.